The zero-order valence-electron chi connectivity index (χ0n) is 13.1. The molecule has 0 aliphatic carbocycles. The number of nitrogens with one attached hydrogen (secondary N) is 1. The fourth-order valence-electron chi connectivity index (χ4n) is 2.52. The van der Waals surface area contributed by atoms with E-state index in [2.05, 4.69) is 19.2 Å². The maximum atomic E-state index is 12.4. The third-order valence-corrected chi connectivity index (χ3v) is 7.21. The molecule has 2 heterocycles. The molecule has 124 valence electrons. The second-order valence-corrected chi connectivity index (χ2v) is 9.20. The lowest BCUT2D eigenvalue weighted by atomic mass is 9.97. The lowest BCUT2D eigenvalue weighted by Crippen LogP contribution is -2.43. The molecule has 0 atom stereocenters. The van der Waals surface area contributed by atoms with Gasteiger partial charge in [-0.15, -0.1) is 11.3 Å². The van der Waals surface area contributed by atoms with E-state index in [-0.39, 0.29) is 11.8 Å². The van der Waals surface area contributed by atoms with E-state index in [0.717, 1.165) is 6.42 Å². The van der Waals surface area contributed by atoms with Crippen molar-refractivity contribution in [2.45, 2.75) is 37.3 Å². The minimum atomic E-state index is -3.38. The van der Waals surface area contributed by atoms with Crippen molar-refractivity contribution in [3.8, 4) is 0 Å². The van der Waals surface area contributed by atoms with Crippen molar-refractivity contribution in [1.82, 2.24) is 9.62 Å². The molecule has 0 radical (unpaired) electrons. The van der Waals surface area contributed by atoms with Gasteiger partial charge in [-0.25, -0.2) is 8.42 Å². The van der Waals surface area contributed by atoms with E-state index in [4.69, 9.17) is 0 Å². The highest BCUT2D eigenvalue weighted by Gasteiger charge is 2.32. The van der Waals surface area contributed by atoms with Crippen molar-refractivity contribution in [3.05, 3.63) is 17.5 Å². The van der Waals surface area contributed by atoms with Crippen LogP contribution < -0.4 is 5.32 Å². The number of rotatable bonds is 6. The van der Waals surface area contributed by atoms with Gasteiger partial charge >= 0.3 is 0 Å². The van der Waals surface area contributed by atoms with Crippen LogP contribution in [0.25, 0.3) is 0 Å². The second kappa shape index (κ2) is 7.57. The first kappa shape index (κ1) is 17.4. The van der Waals surface area contributed by atoms with Crippen LogP contribution in [0.5, 0.6) is 0 Å². The van der Waals surface area contributed by atoms with E-state index in [1.807, 2.05) is 0 Å². The maximum Gasteiger partial charge on any atom is 0.252 e. The highest BCUT2D eigenvalue weighted by Crippen LogP contribution is 2.26. The maximum absolute atomic E-state index is 12.4. The average molecular weight is 345 g/mol. The Kier molecular flexibility index (Phi) is 6.00. The Hall–Kier alpha value is -0.920. The Labute approximate surface area is 136 Å². The van der Waals surface area contributed by atoms with Crippen LogP contribution in [0.2, 0.25) is 0 Å². The smallest absolute Gasteiger partial charge is 0.252 e. The molecule has 0 spiro atoms. The van der Waals surface area contributed by atoms with Crippen molar-refractivity contribution in [3.63, 3.8) is 0 Å². The summed E-state index contributed by atoms with van der Waals surface area (Å²) in [5.41, 5.74) is 0. The van der Waals surface area contributed by atoms with Crippen molar-refractivity contribution in [2.24, 2.45) is 11.8 Å². The number of amides is 1. The number of piperidine rings is 1. The van der Waals surface area contributed by atoms with E-state index in [0.29, 0.717) is 42.6 Å². The molecule has 1 saturated heterocycles. The van der Waals surface area contributed by atoms with Gasteiger partial charge in [0.25, 0.3) is 10.0 Å². The summed E-state index contributed by atoms with van der Waals surface area (Å²) >= 11 is 1.24. The summed E-state index contributed by atoms with van der Waals surface area (Å²) in [5, 5.41) is 4.73. The Balaban J connectivity index is 1.84. The van der Waals surface area contributed by atoms with Crippen LogP contribution in [0, 0.1) is 11.8 Å². The van der Waals surface area contributed by atoms with E-state index in [1.165, 1.54) is 15.6 Å². The Morgan fingerprint density at radius 1 is 1.41 bits per heavy atom. The van der Waals surface area contributed by atoms with Crippen molar-refractivity contribution < 1.29 is 13.2 Å². The van der Waals surface area contributed by atoms with Gasteiger partial charge in [-0.2, -0.15) is 4.31 Å². The van der Waals surface area contributed by atoms with E-state index < -0.39 is 10.0 Å². The number of carbonyl (C=O) groups is 1. The predicted octanol–water partition coefficient (Wildman–Crippen LogP) is 2.31. The third kappa shape index (κ3) is 4.30. The van der Waals surface area contributed by atoms with Crippen molar-refractivity contribution in [1.29, 1.82) is 0 Å². The first-order chi connectivity index (χ1) is 10.4. The molecule has 1 aromatic heterocycles. The van der Waals surface area contributed by atoms with Gasteiger partial charge in [0.15, 0.2) is 0 Å². The molecule has 1 amide bonds. The molecule has 7 heteroatoms. The lowest BCUT2D eigenvalue weighted by molar-refractivity contribution is -0.126. The quantitative estimate of drug-likeness (QED) is 0.861. The normalized spacial score (nSPS) is 17.8. The molecule has 1 aliphatic heterocycles. The van der Waals surface area contributed by atoms with Crippen molar-refractivity contribution >= 4 is 27.3 Å². The molecular formula is C15H24N2O3S2. The lowest BCUT2D eigenvalue weighted by Gasteiger charge is -2.30. The molecule has 1 fully saturated rings. The number of hydrogen-bond donors (Lipinski definition) is 1. The number of carbonyl (C=O) groups excluding carboxylic acids is 1. The molecule has 2 rings (SSSR count). The highest BCUT2D eigenvalue weighted by molar-refractivity contribution is 7.91. The van der Waals surface area contributed by atoms with Crippen LogP contribution in [0.3, 0.4) is 0 Å². The molecule has 22 heavy (non-hydrogen) atoms. The largest absolute Gasteiger partial charge is 0.356 e. The Morgan fingerprint density at radius 3 is 2.64 bits per heavy atom. The van der Waals surface area contributed by atoms with Gasteiger partial charge in [0.05, 0.1) is 0 Å². The fourth-order valence-corrected chi connectivity index (χ4v) is 5.14. The van der Waals surface area contributed by atoms with E-state index >= 15 is 0 Å². The fraction of sp³-hybridized carbons (Fsp3) is 0.667. The van der Waals surface area contributed by atoms with Gasteiger partial charge in [0.1, 0.15) is 4.21 Å². The van der Waals surface area contributed by atoms with Crippen LogP contribution >= 0.6 is 11.3 Å². The molecule has 0 saturated carbocycles. The number of sulfonamides is 1. The number of thiophene rings is 1. The third-order valence-electron chi connectivity index (χ3n) is 3.93. The molecule has 0 aromatic carbocycles. The highest BCUT2D eigenvalue weighted by atomic mass is 32.2. The Morgan fingerprint density at radius 2 is 2.09 bits per heavy atom. The summed E-state index contributed by atoms with van der Waals surface area (Å²) in [6, 6.07) is 3.37. The van der Waals surface area contributed by atoms with Crippen LogP contribution in [0.1, 0.15) is 33.1 Å². The summed E-state index contributed by atoms with van der Waals surface area (Å²) in [5.74, 6) is 0.564. The standard InChI is InChI=1S/C15H24N2O3S2/c1-12(2)5-8-16-15(18)13-6-9-17(10-7-13)22(19,20)14-4-3-11-21-14/h3-4,11-13H,5-10H2,1-2H3,(H,16,18). The topological polar surface area (TPSA) is 66.5 Å². The minimum Gasteiger partial charge on any atom is -0.356 e. The van der Waals surface area contributed by atoms with Crippen LogP contribution in [-0.4, -0.2) is 38.3 Å². The zero-order chi connectivity index (χ0) is 16.2. The molecular weight excluding hydrogens is 320 g/mol. The second-order valence-electron chi connectivity index (χ2n) is 6.08. The van der Waals surface area contributed by atoms with Gasteiger partial charge in [0.2, 0.25) is 5.91 Å². The summed E-state index contributed by atoms with van der Waals surface area (Å²) in [6.45, 7) is 5.79. The summed E-state index contributed by atoms with van der Waals surface area (Å²) in [4.78, 5) is 12.1. The molecule has 1 aromatic rings. The summed E-state index contributed by atoms with van der Waals surface area (Å²) < 4.78 is 26.7. The summed E-state index contributed by atoms with van der Waals surface area (Å²) in [7, 11) is -3.38. The SMILES string of the molecule is CC(C)CCNC(=O)C1CCN(S(=O)(=O)c2cccs2)CC1. The van der Waals surface area contributed by atoms with Gasteiger partial charge in [-0.3, -0.25) is 4.79 Å². The Bertz CT molecular complexity index is 574. The minimum absolute atomic E-state index is 0.0637. The number of nitrogens with zero attached hydrogens (tertiary/aromatic N) is 1. The molecule has 0 unspecified atom stereocenters. The molecule has 1 aliphatic rings. The number of hydrogen-bond acceptors (Lipinski definition) is 4. The van der Waals surface area contributed by atoms with Crippen LogP contribution in [-0.2, 0) is 14.8 Å². The average Bonchev–Trinajstić information content (AvgIpc) is 3.02. The first-order valence-electron chi connectivity index (χ1n) is 7.72. The van der Waals surface area contributed by atoms with Crippen molar-refractivity contribution in [2.75, 3.05) is 19.6 Å². The van der Waals surface area contributed by atoms with E-state index in [1.54, 1.807) is 17.5 Å². The molecule has 0 bridgehead atoms. The summed E-state index contributed by atoms with van der Waals surface area (Å²) in [6.07, 6.45) is 2.16. The van der Waals surface area contributed by atoms with Gasteiger partial charge in [0, 0.05) is 25.6 Å². The zero-order valence-corrected chi connectivity index (χ0v) is 14.8. The van der Waals surface area contributed by atoms with Crippen LogP contribution in [0.4, 0.5) is 0 Å². The van der Waals surface area contributed by atoms with E-state index in [9.17, 15) is 13.2 Å². The van der Waals surface area contributed by atoms with Gasteiger partial charge in [-0.05, 0) is 36.6 Å². The van der Waals surface area contributed by atoms with Gasteiger partial charge < -0.3 is 5.32 Å². The molecule has 5 nitrogen and oxygen atoms in total. The van der Waals surface area contributed by atoms with Gasteiger partial charge in [-0.1, -0.05) is 19.9 Å². The first-order valence-corrected chi connectivity index (χ1v) is 10.0. The monoisotopic (exact) mass is 344 g/mol. The van der Waals surface area contributed by atoms with Crippen LogP contribution in [0.15, 0.2) is 21.7 Å². The predicted molar refractivity (Wildman–Crippen MR) is 88.3 cm³/mol. The molecule has 1 N–H and O–H groups in total.